The molecule has 0 aromatic carbocycles. The smallest absolute Gasteiger partial charge is 0.187 e. The Kier molecular flexibility index (Phi) is 5.72. The second-order valence-electron chi connectivity index (χ2n) is 5.51. The molecule has 2 aliphatic rings. The van der Waals surface area contributed by atoms with Crippen molar-refractivity contribution in [2.24, 2.45) is 0 Å². The number of aliphatic hydroxyl groups excluding tert-OH is 7. The summed E-state index contributed by atoms with van der Waals surface area (Å²) >= 11 is 0. The van der Waals surface area contributed by atoms with Crippen molar-refractivity contribution in [3.8, 4) is 0 Å². The average molecular weight is 326 g/mol. The maximum atomic E-state index is 9.92. The topological polar surface area (TPSA) is 169 Å². The minimum atomic E-state index is -1.64. The number of rotatable bonds is 3. The predicted molar refractivity (Wildman–Crippen MR) is 67.2 cm³/mol. The summed E-state index contributed by atoms with van der Waals surface area (Å²) in [5.41, 5.74) is 0. The molecule has 0 amide bonds. The highest BCUT2D eigenvalue weighted by molar-refractivity contribution is 4.92. The quantitative estimate of drug-likeness (QED) is 0.269. The van der Waals surface area contributed by atoms with Gasteiger partial charge in [-0.25, -0.2) is 0 Å². The Morgan fingerprint density at radius 3 is 2.05 bits per heavy atom. The molecule has 2 heterocycles. The van der Waals surface area contributed by atoms with Crippen molar-refractivity contribution >= 4 is 0 Å². The highest BCUT2D eigenvalue weighted by atomic mass is 16.7. The molecule has 10 heteroatoms. The van der Waals surface area contributed by atoms with E-state index in [9.17, 15) is 30.6 Å². The van der Waals surface area contributed by atoms with Crippen molar-refractivity contribution in [3.63, 3.8) is 0 Å². The van der Waals surface area contributed by atoms with Gasteiger partial charge >= 0.3 is 0 Å². The van der Waals surface area contributed by atoms with E-state index in [-0.39, 0.29) is 0 Å². The fourth-order valence-electron chi connectivity index (χ4n) is 2.54. The third-order valence-electron chi connectivity index (χ3n) is 3.94. The molecule has 0 saturated carbocycles. The van der Waals surface area contributed by atoms with Crippen LogP contribution in [0.1, 0.15) is 6.92 Å². The molecule has 10 nitrogen and oxygen atoms in total. The molecule has 0 radical (unpaired) electrons. The second kappa shape index (κ2) is 7.01. The zero-order valence-corrected chi connectivity index (χ0v) is 11.8. The summed E-state index contributed by atoms with van der Waals surface area (Å²) in [6, 6.07) is 0. The predicted octanol–water partition coefficient (Wildman–Crippen LogP) is -4.37. The van der Waals surface area contributed by atoms with Gasteiger partial charge in [-0.3, -0.25) is 0 Å². The minimum Gasteiger partial charge on any atom is -0.394 e. The molecule has 0 aliphatic carbocycles. The van der Waals surface area contributed by atoms with Gasteiger partial charge in [-0.15, -0.1) is 0 Å². The molecule has 10 atom stereocenters. The molecule has 22 heavy (non-hydrogen) atoms. The molecular formula is C12H22O10. The summed E-state index contributed by atoms with van der Waals surface area (Å²) in [6.07, 6.45) is -14.2. The van der Waals surface area contributed by atoms with Crippen molar-refractivity contribution in [2.75, 3.05) is 6.61 Å². The molecule has 2 saturated heterocycles. The molecule has 0 bridgehead atoms. The number of aliphatic hydroxyl groups is 7. The van der Waals surface area contributed by atoms with E-state index in [4.69, 9.17) is 19.3 Å². The van der Waals surface area contributed by atoms with Crippen LogP contribution in [0.2, 0.25) is 0 Å². The van der Waals surface area contributed by atoms with Gasteiger partial charge in [-0.05, 0) is 6.92 Å². The Bertz CT molecular complexity index is 366. The lowest BCUT2D eigenvalue weighted by molar-refractivity contribution is -0.351. The number of hydrogen-bond acceptors (Lipinski definition) is 10. The van der Waals surface area contributed by atoms with Crippen LogP contribution in [0.4, 0.5) is 0 Å². The fourth-order valence-corrected chi connectivity index (χ4v) is 2.54. The van der Waals surface area contributed by atoms with E-state index in [2.05, 4.69) is 0 Å². The van der Waals surface area contributed by atoms with Crippen molar-refractivity contribution < 1.29 is 50.0 Å². The maximum absolute atomic E-state index is 9.92. The second-order valence-corrected chi connectivity index (χ2v) is 5.51. The normalized spacial score (nSPS) is 53.5. The zero-order valence-electron chi connectivity index (χ0n) is 11.8. The fraction of sp³-hybridized carbons (Fsp3) is 1.00. The van der Waals surface area contributed by atoms with Crippen molar-refractivity contribution in [1.82, 2.24) is 0 Å². The average Bonchev–Trinajstić information content (AvgIpc) is 2.49. The molecule has 0 spiro atoms. The molecule has 2 aliphatic heterocycles. The summed E-state index contributed by atoms with van der Waals surface area (Å²) in [7, 11) is 0. The van der Waals surface area contributed by atoms with Crippen LogP contribution in [0.15, 0.2) is 0 Å². The third-order valence-corrected chi connectivity index (χ3v) is 3.94. The van der Waals surface area contributed by atoms with Gasteiger partial charge in [0.2, 0.25) is 0 Å². The van der Waals surface area contributed by atoms with Crippen LogP contribution in [-0.2, 0) is 14.2 Å². The van der Waals surface area contributed by atoms with Gasteiger partial charge in [0.05, 0.1) is 12.7 Å². The third kappa shape index (κ3) is 3.26. The van der Waals surface area contributed by atoms with Crippen molar-refractivity contribution in [1.29, 1.82) is 0 Å². The van der Waals surface area contributed by atoms with Crippen LogP contribution in [-0.4, -0.2) is 104 Å². The molecule has 2 rings (SSSR count). The Morgan fingerprint density at radius 2 is 1.45 bits per heavy atom. The van der Waals surface area contributed by atoms with E-state index in [1.54, 1.807) is 0 Å². The molecule has 130 valence electrons. The van der Waals surface area contributed by atoms with Crippen LogP contribution < -0.4 is 0 Å². The molecule has 7 N–H and O–H groups in total. The highest BCUT2D eigenvalue weighted by Gasteiger charge is 2.49. The van der Waals surface area contributed by atoms with Gasteiger partial charge in [0.25, 0.3) is 0 Å². The lowest BCUT2D eigenvalue weighted by atomic mass is 9.97. The Labute approximate surface area is 126 Å². The van der Waals surface area contributed by atoms with Crippen LogP contribution in [0, 0.1) is 0 Å². The van der Waals surface area contributed by atoms with Crippen LogP contribution in [0.25, 0.3) is 0 Å². The van der Waals surface area contributed by atoms with E-state index in [1.165, 1.54) is 6.92 Å². The molecule has 0 aromatic rings. The van der Waals surface area contributed by atoms with Crippen LogP contribution >= 0.6 is 0 Å². The van der Waals surface area contributed by atoms with E-state index in [0.717, 1.165) is 0 Å². The highest BCUT2D eigenvalue weighted by Crippen LogP contribution is 2.28. The first kappa shape index (κ1) is 17.9. The van der Waals surface area contributed by atoms with E-state index in [1.807, 2.05) is 0 Å². The zero-order chi connectivity index (χ0) is 16.6. The summed E-state index contributed by atoms with van der Waals surface area (Å²) in [5, 5.41) is 67.2. The van der Waals surface area contributed by atoms with Gasteiger partial charge in [0, 0.05) is 0 Å². The van der Waals surface area contributed by atoms with E-state index < -0.39 is 68.0 Å². The van der Waals surface area contributed by atoms with Crippen molar-refractivity contribution in [2.45, 2.75) is 68.3 Å². The van der Waals surface area contributed by atoms with Crippen LogP contribution in [0.3, 0.4) is 0 Å². The largest absolute Gasteiger partial charge is 0.394 e. The SMILES string of the molecule is C[C@@H]1OC(O)[C@H](O)[C@H](O)[C@H]1O[C@H]1O[C@H](CO)[C@H](O)[C@H](O)[C@H]1O. The summed E-state index contributed by atoms with van der Waals surface area (Å²) < 4.78 is 15.5. The first-order chi connectivity index (χ1) is 10.3. The van der Waals surface area contributed by atoms with E-state index in [0.29, 0.717) is 0 Å². The molecule has 0 aromatic heterocycles. The monoisotopic (exact) mass is 326 g/mol. The van der Waals surface area contributed by atoms with E-state index >= 15 is 0 Å². The number of ether oxygens (including phenoxy) is 3. The first-order valence-corrected chi connectivity index (χ1v) is 6.93. The summed E-state index contributed by atoms with van der Waals surface area (Å²) in [4.78, 5) is 0. The Balaban J connectivity index is 2.08. The maximum Gasteiger partial charge on any atom is 0.187 e. The van der Waals surface area contributed by atoms with Gasteiger partial charge in [0.15, 0.2) is 12.6 Å². The lowest BCUT2D eigenvalue weighted by Gasteiger charge is -2.44. The van der Waals surface area contributed by atoms with Crippen LogP contribution in [0.5, 0.6) is 0 Å². The van der Waals surface area contributed by atoms with Gasteiger partial charge < -0.3 is 50.0 Å². The minimum absolute atomic E-state index is 0.620. The van der Waals surface area contributed by atoms with Gasteiger partial charge in [-0.1, -0.05) is 0 Å². The lowest BCUT2D eigenvalue weighted by Crippen LogP contribution is -2.63. The molecule has 1 unspecified atom stereocenters. The molecular weight excluding hydrogens is 304 g/mol. The summed E-state index contributed by atoms with van der Waals surface area (Å²) in [5.74, 6) is 0. The Hall–Kier alpha value is -0.400. The van der Waals surface area contributed by atoms with Gasteiger partial charge in [-0.2, -0.15) is 0 Å². The Morgan fingerprint density at radius 1 is 0.818 bits per heavy atom. The molecule has 2 fully saturated rings. The number of hydrogen-bond donors (Lipinski definition) is 7. The van der Waals surface area contributed by atoms with Crippen molar-refractivity contribution in [3.05, 3.63) is 0 Å². The van der Waals surface area contributed by atoms with Gasteiger partial charge in [0.1, 0.15) is 42.7 Å². The standard InChI is InChI=1S/C12H22O10/c1-3-10(7(16)8(17)11(19)20-3)22-12-9(18)6(15)5(14)4(2-13)21-12/h3-19H,2H2,1H3/t3-,4+,5-,6-,7-,8+,9+,10-,11?,12+/m0/s1. The summed E-state index contributed by atoms with van der Waals surface area (Å²) in [6.45, 7) is 0.846. The first-order valence-electron chi connectivity index (χ1n) is 6.93.